The van der Waals surface area contributed by atoms with Crippen LogP contribution < -0.4 is 5.46 Å². The Labute approximate surface area is 233 Å². The zero-order valence-corrected chi connectivity index (χ0v) is 23.0. The lowest BCUT2D eigenvalue weighted by molar-refractivity contribution is 0.00578. The van der Waals surface area contributed by atoms with Crippen molar-refractivity contribution in [2.75, 3.05) is 0 Å². The molecule has 6 nitrogen and oxygen atoms in total. The quantitative estimate of drug-likeness (QED) is 0.243. The van der Waals surface area contributed by atoms with Crippen molar-refractivity contribution in [3.8, 4) is 28.7 Å². The monoisotopic (exact) mass is 524 g/mol. The zero-order valence-electron chi connectivity index (χ0n) is 23.0. The highest BCUT2D eigenvalue weighted by Crippen LogP contribution is 2.37. The van der Waals surface area contributed by atoms with Gasteiger partial charge in [-0.05, 0) is 45.3 Å². The lowest BCUT2D eigenvalue weighted by Gasteiger charge is -2.32. The van der Waals surface area contributed by atoms with Gasteiger partial charge in [0.05, 0.1) is 22.2 Å². The molecule has 6 aromatic rings. The molecule has 0 bridgehead atoms. The summed E-state index contributed by atoms with van der Waals surface area (Å²) in [6.45, 7) is 8.30. The molecule has 0 saturated carbocycles. The van der Waals surface area contributed by atoms with Crippen molar-refractivity contribution < 1.29 is 9.31 Å². The number of aromatic nitrogens is 4. The molecule has 1 aliphatic rings. The predicted molar refractivity (Wildman–Crippen MR) is 161 cm³/mol. The second-order valence-corrected chi connectivity index (χ2v) is 11.2. The van der Waals surface area contributed by atoms with Crippen molar-refractivity contribution in [1.82, 2.24) is 19.5 Å². The zero-order chi connectivity index (χ0) is 27.5. The van der Waals surface area contributed by atoms with Gasteiger partial charge in [-0.15, -0.1) is 0 Å². The Morgan fingerprint density at radius 3 is 1.70 bits per heavy atom. The molecule has 4 aromatic carbocycles. The van der Waals surface area contributed by atoms with E-state index in [4.69, 9.17) is 24.3 Å². The number of para-hydroxylation sites is 1. The Balaban J connectivity index is 1.45. The van der Waals surface area contributed by atoms with Crippen LogP contribution in [0, 0.1) is 0 Å². The maximum absolute atomic E-state index is 6.37. The summed E-state index contributed by atoms with van der Waals surface area (Å²) in [5.41, 5.74) is 4.07. The molecule has 0 aliphatic carbocycles. The van der Waals surface area contributed by atoms with Crippen LogP contribution in [0.4, 0.5) is 0 Å². The normalized spacial score (nSPS) is 16.1. The maximum Gasteiger partial charge on any atom is 0.494 e. The fourth-order valence-corrected chi connectivity index (χ4v) is 5.23. The molecule has 0 radical (unpaired) electrons. The molecule has 196 valence electrons. The number of hydrogen-bond donors (Lipinski definition) is 0. The Morgan fingerprint density at radius 1 is 0.575 bits per heavy atom. The maximum atomic E-state index is 6.37. The fourth-order valence-electron chi connectivity index (χ4n) is 5.23. The molecule has 0 N–H and O–H groups in total. The van der Waals surface area contributed by atoms with Crippen molar-refractivity contribution in [3.05, 3.63) is 103 Å². The topological polar surface area (TPSA) is 62.1 Å². The Kier molecular flexibility index (Phi) is 5.63. The second-order valence-electron chi connectivity index (χ2n) is 11.2. The first-order chi connectivity index (χ1) is 19.3. The molecular weight excluding hydrogens is 495 g/mol. The van der Waals surface area contributed by atoms with Gasteiger partial charge in [-0.3, -0.25) is 4.57 Å². The van der Waals surface area contributed by atoms with Crippen LogP contribution in [-0.2, 0) is 9.31 Å². The van der Waals surface area contributed by atoms with Crippen LogP contribution in [0.25, 0.3) is 50.5 Å². The summed E-state index contributed by atoms with van der Waals surface area (Å²) in [5.74, 6) is 1.83. The highest BCUT2D eigenvalue weighted by molar-refractivity contribution is 6.62. The van der Waals surface area contributed by atoms with E-state index >= 15 is 0 Å². The second kappa shape index (κ2) is 9.12. The molecule has 7 rings (SSSR count). The SMILES string of the molecule is CC1(C)OB(c2ccc3c(c2)c2ccccc2n3-c2nc(-c3ccccc3)nc(-c3ccccc3)n2)OC1(C)C. The Hall–Kier alpha value is -4.33. The summed E-state index contributed by atoms with van der Waals surface area (Å²) >= 11 is 0. The van der Waals surface area contributed by atoms with Crippen molar-refractivity contribution >= 4 is 34.4 Å². The predicted octanol–water partition coefficient (Wildman–Crippen LogP) is 6.60. The molecular formula is C33H29BN4O2. The van der Waals surface area contributed by atoms with Gasteiger partial charge in [0.25, 0.3) is 0 Å². The van der Waals surface area contributed by atoms with Crippen LogP contribution >= 0.6 is 0 Å². The number of nitrogens with zero attached hydrogens (tertiary/aromatic N) is 4. The summed E-state index contributed by atoms with van der Waals surface area (Å²) in [4.78, 5) is 14.9. The molecule has 0 atom stereocenters. The van der Waals surface area contributed by atoms with E-state index in [-0.39, 0.29) is 0 Å². The fraction of sp³-hybridized carbons (Fsp3) is 0.182. The van der Waals surface area contributed by atoms with Crippen LogP contribution in [0.1, 0.15) is 27.7 Å². The Morgan fingerprint density at radius 2 is 1.10 bits per heavy atom. The molecule has 0 unspecified atom stereocenters. The number of benzene rings is 4. The molecule has 1 aliphatic heterocycles. The van der Waals surface area contributed by atoms with Crippen LogP contribution in [-0.4, -0.2) is 37.8 Å². The smallest absolute Gasteiger partial charge is 0.399 e. The third-order valence-corrected chi connectivity index (χ3v) is 8.11. The van der Waals surface area contributed by atoms with Gasteiger partial charge in [-0.2, -0.15) is 9.97 Å². The van der Waals surface area contributed by atoms with Gasteiger partial charge in [-0.1, -0.05) is 91.0 Å². The lowest BCUT2D eigenvalue weighted by atomic mass is 9.78. The standard InChI is InChI=1S/C33H29BN4O2/c1-32(2)33(3,4)40-34(39-32)24-19-20-28-26(21-24)25-17-11-12-18-27(25)38(28)31-36-29(22-13-7-5-8-14-22)35-30(37-31)23-15-9-6-10-16-23/h5-21H,1-4H3. The third kappa shape index (κ3) is 4.01. The summed E-state index contributed by atoms with van der Waals surface area (Å²) < 4.78 is 14.9. The Bertz CT molecular complexity index is 1790. The van der Waals surface area contributed by atoms with Gasteiger partial charge in [0.1, 0.15) is 0 Å². The van der Waals surface area contributed by atoms with E-state index in [9.17, 15) is 0 Å². The van der Waals surface area contributed by atoms with E-state index in [1.165, 1.54) is 0 Å². The van der Waals surface area contributed by atoms with Crippen LogP contribution in [0.3, 0.4) is 0 Å². The molecule has 2 aromatic heterocycles. The minimum Gasteiger partial charge on any atom is -0.399 e. The summed E-state index contributed by atoms with van der Waals surface area (Å²) in [6.07, 6.45) is 0. The first kappa shape index (κ1) is 24.7. The molecule has 40 heavy (non-hydrogen) atoms. The van der Waals surface area contributed by atoms with Gasteiger partial charge in [-0.25, -0.2) is 4.98 Å². The van der Waals surface area contributed by atoms with Crippen molar-refractivity contribution in [3.63, 3.8) is 0 Å². The van der Waals surface area contributed by atoms with E-state index < -0.39 is 18.3 Å². The van der Waals surface area contributed by atoms with E-state index in [1.807, 2.05) is 66.7 Å². The van der Waals surface area contributed by atoms with Crippen molar-refractivity contribution in [2.45, 2.75) is 38.9 Å². The number of fused-ring (bicyclic) bond motifs is 3. The van der Waals surface area contributed by atoms with Crippen molar-refractivity contribution in [2.24, 2.45) is 0 Å². The van der Waals surface area contributed by atoms with Gasteiger partial charge in [0.15, 0.2) is 11.6 Å². The average molecular weight is 524 g/mol. The van der Waals surface area contributed by atoms with E-state index in [0.717, 1.165) is 38.4 Å². The van der Waals surface area contributed by atoms with Crippen LogP contribution in [0.5, 0.6) is 0 Å². The van der Waals surface area contributed by atoms with Gasteiger partial charge in [0.2, 0.25) is 5.95 Å². The number of hydrogen-bond acceptors (Lipinski definition) is 5. The van der Waals surface area contributed by atoms with Gasteiger partial charge < -0.3 is 9.31 Å². The molecule has 1 fully saturated rings. The van der Waals surface area contributed by atoms with Gasteiger partial charge >= 0.3 is 7.12 Å². The largest absolute Gasteiger partial charge is 0.494 e. The molecule has 7 heteroatoms. The van der Waals surface area contributed by atoms with E-state index in [2.05, 4.69) is 68.7 Å². The minimum atomic E-state index is -0.442. The molecule has 0 amide bonds. The highest BCUT2D eigenvalue weighted by Gasteiger charge is 2.51. The third-order valence-electron chi connectivity index (χ3n) is 8.11. The first-order valence-electron chi connectivity index (χ1n) is 13.6. The molecule has 3 heterocycles. The summed E-state index contributed by atoms with van der Waals surface area (Å²) in [7, 11) is -0.442. The minimum absolute atomic E-state index is 0.410. The summed E-state index contributed by atoms with van der Waals surface area (Å²) in [5, 5.41) is 2.20. The van der Waals surface area contributed by atoms with Crippen molar-refractivity contribution in [1.29, 1.82) is 0 Å². The van der Waals surface area contributed by atoms with E-state index in [1.54, 1.807) is 0 Å². The highest BCUT2D eigenvalue weighted by atomic mass is 16.7. The van der Waals surface area contributed by atoms with Crippen LogP contribution in [0.2, 0.25) is 0 Å². The van der Waals surface area contributed by atoms with E-state index in [0.29, 0.717) is 17.6 Å². The van der Waals surface area contributed by atoms with Gasteiger partial charge in [0, 0.05) is 21.9 Å². The molecule has 1 saturated heterocycles. The molecule has 0 spiro atoms. The number of rotatable bonds is 4. The first-order valence-corrected chi connectivity index (χ1v) is 13.6. The lowest BCUT2D eigenvalue weighted by Crippen LogP contribution is -2.41. The average Bonchev–Trinajstić information content (AvgIpc) is 3.42. The summed E-state index contributed by atoms with van der Waals surface area (Å²) in [6, 6.07) is 34.8. The van der Waals surface area contributed by atoms with Crippen LogP contribution in [0.15, 0.2) is 103 Å².